The molecule has 0 bridgehead atoms. The van der Waals surface area contributed by atoms with Gasteiger partial charge in [0, 0.05) is 6.26 Å². The number of hydrogen-bond donors (Lipinski definition) is 1. The van der Waals surface area contributed by atoms with Gasteiger partial charge < -0.3 is 5.11 Å². The summed E-state index contributed by atoms with van der Waals surface area (Å²) in [5.74, 6) is -0.545. The molecule has 0 amide bonds. The monoisotopic (exact) mass is 232 g/mol. The molecule has 84 valence electrons. The first-order chi connectivity index (χ1) is 6.88. The molecule has 0 saturated carbocycles. The molecule has 1 atom stereocenters. The molecule has 5 heteroatoms. The van der Waals surface area contributed by atoms with Crippen molar-refractivity contribution in [1.29, 1.82) is 0 Å². The Morgan fingerprint density at radius 2 is 2.13 bits per heavy atom. The lowest BCUT2D eigenvalue weighted by atomic mass is 10.1. The van der Waals surface area contributed by atoms with E-state index in [1.54, 1.807) is 6.07 Å². The highest BCUT2D eigenvalue weighted by Gasteiger charge is 2.11. The lowest BCUT2D eigenvalue weighted by Gasteiger charge is -2.09. The van der Waals surface area contributed by atoms with Crippen molar-refractivity contribution in [3.05, 3.63) is 35.6 Å². The van der Waals surface area contributed by atoms with Gasteiger partial charge in [-0.1, -0.05) is 12.1 Å². The number of rotatable bonds is 4. The lowest BCUT2D eigenvalue weighted by Crippen LogP contribution is -2.08. The maximum Gasteiger partial charge on any atom is 0.147 e. The second-order valence-corrected chi connectivity index (χ2v) is 5.75. The Morgan fingerprint density at radius 1 is 1.47 bits per heavy atom. The number of halogens is 1. The molecule has 0 heterocycles. The van der Waals surface area contributed by atoms with Crippen molar-refractivity contribution in [2.75, 3.05) is 12.0 Å². The fraction of sp³-hybridized carbons (Fsp3) is 0.400. The Bertz CT molecular complexity index is 428. The molecule has 0 radical (unpaired) electrons. The van der Waals surface area contributed by atoms with Crippen molar-refractivity contribution in [1.82, 2.24) is 0 Å². The Hall–Kier alpha value is -0.940. The second-order valence-electron chi connectivity index (χ2n) is 3.49. The highest BCUT2D eigenvalue weighted by Crippen LogP contribution is 2.17. The van der Waals surface area contributed by atoms with Crippen molar-refractivity contribution in [2.45, 2.75) is 12.5 Å². The predicted octanol–water partition coefficient (Wildman–Crippen LogP) is 1.29. The number of hydrogen-bond acceptors (Lipinski definition) is 3. The van der Waals surface area contributed by atoms with Gasteiger partial charge in [-0.3, -0.25) is 0 Å². The van der Waals surface area contributed by atoms with Crippen LogP contribution in [0.5, 0.6) is 0 Å². The second kappa shape index (κ2) is 4.72. The van der Waals surface area contributed by atoms with E-state index >= 15 is 0 Å². The molecule has 0 aliphatic carbocycles. The summed E-state index contributed by atoms with van der Waals surface area (Å²) in [5, 5.41) is 9.58. The van der Waals surface area contributed by atoms with Crippen LogP contribution in [0, 0.1) is 5.82 Å². The van der Waals surface area contributed by atoms with E-state index in [0.717, 1.165) is 6.26 Å². The van der Waals surface area contributed by atoms with Gasteiger partial charge in [0.2, 0.25) is 0 Å². The minimum Gasteiger partial charge on any atom is -0.388 e. The third kappa shape index (κ3) is 4.40. The molecule has 0 aromatic heterocycles. The minimum absolute atomic E-state index is 0.0856. The number of benzene rings is 1. The van der Waals surface area contributed by atoms with Crippen molar-refractivity contribution in [3.8, 4) is 0 Å². The summed E-state index contributed by atoms with van der Waals surface area (Å²) in [4.78, 5) is 0. The van der Waals surface area contributed by atoms with E-state index in [1.165, 1.54) is 18.2 Å². The Labute approximate surface area is 88.5 Å². The number of aliphatic hydroxyl groups is 1. The van der Waals surface area contributed by atoms with Crippen LogP contribution in [0.4, 0.5) is 4.39 Å². The summed E-state index contributed by atoms with van der Waals surface area (Å²) in [7, 11) is -3.09. The summed E-state index contributed by atoms with van der Waals surface area (Å²) in [6.07, 6.45) is 0.253. The summed E-state index contributed by atoms with van der Waals surface area (Å²) >= 11 is 0. The maximum atomic E-state index is 12.8. The van der Waals surface area contributed by atoms with Gasteiger partial charge in [0.05, 0.1) is 11.9 Å². The molecule has 3 nitrogen and oxygen atoms in total. The molecule has 15 heavy (non-hydrogen) atoms. The van der Waals surface area contributed by atoms with E-state index in [2.05, 4.69) is 0 Å². The maximum absolute atomic E-state index is 12.8. The Kier molecular flexibility index (Phi) is 3.82. The molecule has 1 aromatic carbocycles. The molecule has 1 N–H and O–H groups in total. The molecule has 0 spiro atoms. The molecule has 1 aromatic rings. The van der Waals surface area contributed by atoms with Gasteiger partial charge in [0.15, 0.2) is 0 Å². The minimum atomic E-state index is -3.09. The zero-order chi connectivity index (χ0) is 11.5. The topological polar surface area (TPSA) is 54.4 Å². The van der Waals surface area contributed by atoms with Crippen molar-refractivity contribution in [2.24, 2.45) is 0 Å². The molecular formula is C10H13FO3S. The van der Waals surface area contributed by atoms with Crippen LogP contribution in [0.3, 0.4) is 0 Å². The van der Waals surface area contributed by atoms with E-state index < -0.39 is 21.8 Å². The van der Waals surface area contributed by atoms with Crippen LogP contribution in [-0.2, 0) is 9.84 Å². The molecule has 0 aliphatic rings. The number of aliphatic hydroxyl groups excluding tert-OH is 1. The first kappa shape index (κ1) is 12.1. The first-order valence-electron chi connectivity index (χ1n) is 4.50. The summed E-state index contributed by atoms with van der Waals surface area (Å²) < 4.78 is 34.5. The smallest absolute Gasteiger partial charge is 0.147 e. The average Bonchev–Trinajstić information content (AvgIpc) is 2.13. The summed E-state index contributed by atoms with van der Waals surface area (Å²) in [6, 6.07) is 5.52. The van der Waals surface area contributed by atoms with E-state index in [-0.39, 0.29) is 12.2 Å². The summed E-state index contributed by atoms with van der Waals surface area (Å²) in [5.41, 5.74) is 0.402. The van der Waals surface area contributed by atoms with Gasteiger partial charge in [0.25, 0.3) is 0 Å². The van der Waals surface area contributed by atoms with Gasteiger partial charge in [-0.05, 0) is 24.1 Å². The number of sulfone groups is 1. The van der Waals surface area contributed by atoms with Gasteiger partial charge in [-0.15, -0.1) is 0 Å². The van der Waals surface area contributed by atoms with Crippen LogP contribution in [0.25, 0.3) is 0 Å². The average molecular weight is 232 g/mol. The fourth-order valence-corrected chi connectivity index (χ4v) is 1.86. The highest BCUT2D eigenvalue weighted by atomic mass is 32.2. The molecular weight excluding hydrogens is 219 g/mol. The predicted molar refractivity (Wildman–Crippen MR) is 55.7 cm³/mol. The van der Waals surface area contributed by atoms with Gasteiger partial charge in [0.1, 0.15) is 15.7 Å². The lowest BCUT2D eigenvalue weighted by molar-refractivity contribution is 0.174. The molecule has 1 unspecified atom stereocenters. The van der Waals surface area contributed by atoms with Gasteiger partial charge >= 0.3 is 0 Å². The Balaban J connectivity index is 2.65. The zero-order valence-corrected chi connectivity index (χ0v) is 9.17. The molecule has 0 saturated heterocycles. The van der Waals surface area contributed by atoms with Crippen LogP contribution >= 0.6 is 0 Å². The van der Waals surface area contributed by atoms with Crippen LogP contribution in [0.1, 0.15) is 18.1 Å². The largest absolute Gasteiger partial charge is 0.388 e. The molecule has 1 rings (SSSR count). The highest BCUT2D eigenvalue weighted by molar-refractivity contribution is 7.90. The first-order valence-corrected chi connectivity index (χ1v) is 6.56. The van der Waals surface area contributed by atoms with E-state index in [9.17, 15) is 17.9 Å². The third-order valence-electron chi connectivity index (χ3n) is 2.00. The van der Waals surface area contributed by atoms with Gasteiger partial charge in [-0.2, -0.15) is 0 Å². The van der Waals surface area contributed by atoms with E-state index in [0.29, 0.717) is 5.56 Å². The molecule has 0 aliphatic heterocycles. The summed E-state index contributed by atoms with van der Waals surface area (Å²) in [6.45, 7) is 0. The normalized spacial score (nSPS) is 13.8. The van der Waals surface area contributed by atoms with Crippen LogP contribution < -0.4 is 0 Å². The SMILES string of the molecule is CS(=O)(=O)CCC(O)c1cccc(F)c1. The Morgan fingerprint density at radius 3 is 2.67 bits per heavy atom. The van der Waals surface area contributed by atoms with Crippen LogP contribution in [0.15, 0.2) is 24.3 Å². The van der Waals surface area contributed by atoms with Crippen molar-refractivity contribution in [3.63, 3.8) is 0 Å². The van der Waals surface area contributed by atoms with Crippen molar-refractivity contribution >= 4 is 9.84 Å². The quantitative estimate of drug-likeness (QED) is 0.851. The van der Waals surface area contributed by atoms with Crippen molar-refractivity contribution < 1.29 is 17.9 Å². The van der Waals surface area contributed by atoms with E-state index in [4.69, 9.17) is 0 Å². The van der Waals surface area contributed by atoms with Gasteiger partial charge in [-0.25, -0.2) is 12.8 Å². The standard InChI is InChI=1S/C10H13FO3S/c1-15(13,14)6-5-10(12)8-3-2-4-9(11)7-8/h2-4,7,10,12H,5-6H2,1H3. The zero-order valence-electron chi connectivity index (χ0n) is 8.35. The van der Waals surface area contributed by atoms with Crippen LogP contribution in [0.2, 0.25) is 0 Å². The molecule has 0 fully saturated rings. The van der Waals surface area contributed by atoms with E-state index in [1.807, 2.05) is 0 Å². The third-order valence-corrected chi connectivity index (χ3v) is 2.97. The van der Waals surface area contributed by atoms with Crippen LogP contribution in [-0.4, -0.2) is 25.5 Å². The fourth-order valence-electron chi connectivity index (χ4n) is 1.21.